The smallest absolute Gasteiger partial charge is 0.295 e. The van der Waals surface area contributed by atoms with Crippen molar-refractivity contribution in [2.24, 2.45) is 7.05 Å². The van der Waals surface area contributed by atoms with Crippen molar-refractivity contribution in [1.29, 1.82) is 0 Å². The van der Waals surface area contributed by atoms with Gasteiger partial charge >= 0.3 is 5.69 Å². The molecule has 3 aromatic rings. The van der Waals surface area contributed by atoms with Gasteiger partial charge in [0, 0.05) is 23.9 Å². The molecule has 114 valence electrons. The summed E-state index contributed by atoms with van der Waals surface area (Å²) in [5.74, 6) is 0. The summed E-state index contributed by atoms with van der Waals surface area (Å²) < 4.78 is 3.66. The van der Waals surface area contributed by atoms with Crippen LogP contribution in [0.2, 0.25) is 5.15 Å². The first kappa shape index (κ1) is 13.8. The van der Waals surface area contributed by atoms with Gasteiger partial charge in [0.05, 0.1) is 16.7 Å². The zero-order chi connectivity index (χ0) is 15.4. The number of hydrogen-bond donors (Lipinski definition) is 0. The first-order chi connectivity index (χ1) is 10.6. The van der Waals surface area contributed by atoms with Crippen LogP contribution >= 0.6 is 11.6 Å². The standard InChI is InChI=1S/C16H17ClN4O/c1-9-11-7-13-14(8-12(11)15(17)19-18-9)21(16(22)20(13)2)10-5-3-4-6-10/h7-8,10H,3-6H2,1-2H3. The van der Waals surface area contributed by atoms with Gasteiger partial charge in [-0.05, 0) is 31.9 Å². The molecule has 1 aliphatic carbocycles. The van der Waals surface area contributed by atoms with Gasteiger partial charge in [-0.25, -0.2) is 4.79 Å². The monoisotopic (exact) mass is 316 g/mol. The normalized spacial score (nSPS) is 16.1. The molecule has 0 radical (unpaired) electrons. The van der Waals surface area contributed by atoms with Crippen LogP contribution in [-0.2, 0) is 7.05 Å². The molecule has 0 atom stereocenters. The maximum absolute atomic E-state index is 12.7. The Bertz CT molecular complexity index is 950. The highest BCUT2D eigenvalue weighted by Crippen LogP contribution is 2.33. The molecule has 0 amide bonds. The highest BCUT2D eigenvalue weighted by atomic mass is 35.5. The van der Waals surface area contributed by atoms with Crippen molar-refractivity contribution in [3.8, 4) is 0 Å². The Hall–Kier alpha value is -1.88. The molecule has 0 unspecified atom stereocenters. The third kappa shape index (κ3) is 1.81. The third-order valence-electron chi connectivity index (χ3n) is 4.82. The molecule has 1 saturated carbocycles. The molecule has 2 aromatic heterocycles. The number of hydrogen-bond acceptors (Lipinski definition) is 3. The first-order valence-corrected chi connectivity index (χ1v) is 7.99. The third-order valence-corrected chi connectivity index (χ3v) is 5.10. The Balaban J connectivity index is 2.13. The number of halogens is 1. The Morgan fingerprint density at radius 2 is 1.82 bits per heavy atom. The zero-order valence-corrected chi connectivity index (χ0v) is 13.4. The molecule has 1 aliphatic rings. The highest BCUT2D eigenvalue weighted by molar-refractivity contribution is 6.34. The lowest BCUT2D eigenvalue weighted by Gasteiger charge is -2.11. The number of aryl methyl sites for hydroxylation is 2. The van der Waals surface area contributed by atoms with Gasteiger partial charge in [0.2, 0.25) is 0 Å². The van der Waals surface area contributed by atoms with Crippen LogP contribution in [0, 0.1) is 6.92 Å². The summed E-state index contributed by atoms with van der Waals surface area (Å²) in [4.78, 5) is 12.7. The maximum atomic E-state index is 12.7. The molecule has 0 spiro atoms. The fourth-order valence-corrected chi connectivity index (χ4v) is 3.81. The minimum atomic E-state index is 0.0481. The average molecular weight is 317 g/mol. The molecule has 1 fully saturated rings. The molecule has 0 bridgehead atoms. The largest absolute Gasteiger partial charge is 0.329 e. The fraction of sp³-hybridized carbons (Fsp3) is 0.438. The first-order valence-electron chi connectivity index (χ1n) is 7.61. The van der Waals surface area contributed by atoms with E-state index in [0.29, 0.717) is 11.2 Å². The number of nitrogens with zero attached hydrogens (tertiary/aromatic N) is 4. The van der Waals surface area contributed by atoms with Crippen LogP contribution < -0.4 is 5.69 Å². The van der Waals surface area contributed by atoms with E-state index in [2.05, 4.69) is 10.2 Å². The molecule has 0 saturated heterocycles. The molecule has 0 N–H and O–H groups in total. The van der Waals surface area contributed by atoms with Crippen molar-refractivity contribution in [1.82, 2.24) is 19.3 Å². The van der Waals surface area contributed by atoms with Gasteiger partial charge in [-0.2, -0.15) is 5.10 Å². The summed E-state index contributed by atoms with van der Waals surface area (Å²) in [7, 11) is 1.83. The van der Waals surface area contributed by atoms with Crippen LogP contribution in [0.15, 0.2) is 16.9 Å². The van der Waals surface area contributed by atoms with Gasteiger partial charge in [-0.3, -0.25) is 9.13 Å². The zero-order valence-electron chi connectivity index (χ0n) is 12.6. The summed E-state index contributed by atoms with van der Waals surface area (Å²) in [5.41, 5.74) is 2.74. The number of rotatable bonds is 1. The van der Waals surface area contributed by atoms with Gasteiger partial charge in [-0.15, -0.1) is 5.10 Å². The average Bonchev–Trinajstić information content (AvgIpc) is 3.11. The molecule has 4 rings (SSSR count). The number of benzene rings is 1. The Labute approximate surface area is 132 Å². The van der Waals surface area contributed by atoms with E-state index < -0.39 is 0 Å². The molecule has 6 heteroatoms. The number of fused-ring (bicyclic) bond motifs is 2. The Morgan fingerprint density at radius 1 is 1.14 bits per heavy atom. The molecule has 2 heterocycles. The highest BCUT2D eigenvalue weighted by Gasteiger charge is 2.23. The van der Waals surface area contributed by atoms with Gasteiger partial charge in [0.1, 0.15) is 0 Å². The van der Waals surface area contributed by atoms with Gasteiger partial charge < -0.3 is 0 Å². The summed E-state index contributed by atoms with van der Waals surface area (Å²) in [6.45, 7) is 1.91. The lowest BCUT2D eigenvalue weighted by molar-refractivity contribution is 0.509. The quantitative estimate of drug-likeness (QED) is 0.691. The number of imidazole rings is 1. The molecular weight excluding hydrogens is 300 g/mol. The predicted octanol–water partition coefficient (Wildman–Crippen LogP) is 3.36. The van der Waals surface area contributed by atoms with Crippen molar-refractivity contribution in [2.45, 2.75) is 38.6 Å². The SMILES string of the molecule is Cc1nnc(Cl)c2cc3c(cc12)n(C)c(=O)n3C1CCCC1. The summed E-state index contributed by atoms with van der Waals surface area (Å²) in [6, 6.07) is 4.30. The van der Waals surface area contributed by atoms with Crippen molar-refractivity contribution >= 4 is 33.4 Å². The second kappa shape index (κ2) is 4.81. The van der Waals surface area contributed by atoms with Crippen molar-refractivity contribution in [3.05, 3.63) is 33.5 Å². The second-order valence-electron chi connectivity index (χ2n) is 6.11. The van der Waals surface area contributed by atoms with E-state index in [-0.39, 0.29) is 5.69 Å². The van der Waals surface area contributed by atoms with Crippen LogP contribution in [0.25, 0.3) is 21.8 Å². The van der Waals surface area contributed by atoms with Crippen LogP contribution in [-0.4, -0.2) is 19.3 Å². The molecule has 22 heavy (non-hydrogen) atoms. The Morgan fingerprint density at radius 3 is 2.55 bits per heavy atom. The van der Waals surface area contributed by atoms with Crippen molar-refractivity contribution in [2.75, 3.05) is 0 Å². The predicted molar refractivity (Wildman–Crippen MR) is 87.5 cm³/mol. The topological polar surface area (TPSA) is 52.7 Å². The summed E-state index contributed by atoms with van der Waals surface area (Å²) in [5, 5.41) is 10.3. The molecule has 5 nitrogen and oxygen atoms in total. The Kier molecular flexibility index (Phi) is 3.01. The van der Waals surface area contributed by atoms with Crippen LogP contribution in [0.3, 0.4) is 0 Å². The number of aromatic nitrogens is 4. The molecule has 0 aliphatic heterocycles. The summed E-state index contributed by atoms with van der Waals surface area (Å²) >= 11 is 6.22. The molecule has 1 aromatic carbocycles. The van der Waals surface area contributed by atoms with Gasteiger partial charge in [0.25, 0.3) is 0 Å². The lowest BCUT2D eigenvalue weighted by Crippen LogP contribution is -2.24. The van der Waals surface area contributed by atoms with E-state index in [4.69, 9.17) is 11.6 Å². The minimum absolute atomic E-state index is 0.0481. The van der Waals surface area contributed by atoms with E-state index in [0.717, 1.165) is 40.3 Å². The van der Waals surface area contributed by atoms with Gasteiger partial charge in [0.15, 0.2) is 5.15 Å². The van der Waals surface area contributed by atoms with Crippen LogP contribution in [0.1, 0.15) is 37.4 Å². The van der Waals surface area contributed by atoms with E-state index in [1.807, 2.05) is 30.7 Å². The van der Waals surface area contributed by atoms with E-state index in [1.54, 1.807) is 4.57 Å². The van der Waals surface area contributed by atoms with Crippen molar-refractivity contribution in [3.63, 3.8) is 0 Å². The van der Waals surface area contributed by atoms with Crippen LogP contribution in [0.4, 0.5) is 0 Å². The fourth-order valence-electron chi connectivity index (χ4n) is 3.62. The van der Waals surface area contributed by atoms with Crippen LogP contribution in [0.5, 0.6) is 0 Å². The minimum Gasteiger partial charge on any atom is -0.295 e. The van der Waals surface area contributed by atoms with Gasteiger partial charge in [-0.1, -0.05) is 24.4 Å². The maximum Gasteiger partial charge on any atom is 0.329 e. The van der Waals surface area contributed by atoms with E-state index in [9.17, 15) is 4.79 Å². The van der Waals surface area contributed by atoms with E-state index in [1.165, 1.54) is 12.8 Å². The molecular formula is C16H17ClN4O. The van der Waals surface area contributed by atoms with E-state index >= 15 is 0 Å². The summed E-state index contributed by atoms with van der Waals surface area (Å²) in [6.07, 6.45) is 4.51. The van der Waals surface area contributed by atoms with Crippen molar-refractivity contribution < 1.29 is 0 Å². The second-order valence-corrected chi connectivity index (χ2v) is 6.47. The lowest BCUT2D eigenvalue weighted by atomic mass is 10.1.